The number of carbonyl (C=O) groups excluding carboxylic acids is 1. The lowest BCUT2D eigenvalue weighted by Gasteiger charge is -2.13. The van der Waals surface area contributed by atoms with Gasteiger partial charge in [0.25, 0.3) is 5.91 Å². The van der Waals surface area contributed by atoms with Crippen LogP contribution in [0.3, 0.4) is 0 Å². The fraction of sp³-hybridized carbons (Fsp3) is 0.227. The Bertz CT molecular complexity index is 1290. The summed E-state index contributed by atoms with van der Waals surface area (Å²) < 4.78 is 0. The van der Waals surface area contributed by atoms with Crippen LogP contribution < -0.4 is 5.32 Å². The van der Waals surface area contributed by atoms with Gasteiger partial charge in [0.2, 0.25) is 0 Å². The van der Waals surface area contributed by atoms with Gasteiger partial charge in [0.05, 0.1) is 16.1 Å². The van der Waals surface area contributed by atoms with Crippen LogP contribution in [0.5, 0.6) is 0 Å². The van der Waals surface area contributed by atoms with E-state index in [-0.39, 0.29) is 5.91 Å². The standard InChI is InChI=1S/C22H19N5OS/c1-13-15-6-7-24-18(15)5-4-17(13)26-20-14(11-23)12-25-21-16(20)10-19(29-21)22(28)27-8-2-3-9-27/h4-7,10,12,24H,2-3,8-9H2,1H3,(H,25,26). The van der Waals surface area contributed by atoms with Crippen LogP contribution in [0.4, 0.5) is 11.4 Å². The largest absolute Gasteiger partial charge is 0.361 e. The highest BCUT2D eigenvalue weighted by Gasteiger charge is 2.23. The molecule has 4 heterocycles. The Labute approximate surface area is 171 Å². The zero-order valence-electron chi connectivity index (χ0n) is 16.0. The van der Waals surface area contributed by atoms with Gasteiger partial charge >= 0.3 is 0 Å². The molecule has 1 saturated heterocycles. The van der Waals surface area contributed by atoms with E-state index >= 15 is 0 Å². The van der Waals surface area contributed by atoms with Crippen molar-refractivity contribution < 1.29 is 4.79 Å². The number of hydrogen-bond acceptors (Lipinski definition) is 5. The Kier molecular flexibility index (Phi) is 4.22. The van der Waals surface area contributed by atoms with E-state index < -0.39 is 0 Å². The molecule has 29 heavy (non-hydrogen) atoms. The number of likely N-dealkylation sites (tertiary alicyclic amines) is 1. The Morgan fingerprint density at radius 1 is 1.28 bits per heavy atom. The molecular weight excluding hydrogens is 382 g/mol. The van der Waals surface area contributed by atoms with E-state index in [4.69, 9.17) is 0 Å². The van der Waals surface area contributed by atoms with Gasteiger partial charge in [-0.25, -0.2) is 4.98 Å². The molecule has 5 rings (SSSR count). The van der Waals surface area contributed by atoms with Crippen molar-refractivity contribution in [1.82, 2.24) is 14.9 Å². The second-order valence-corrected chi connectivity index (χ2v) is 8.32. The van der Waals surface area contributed by atoms with Gasteiger partial charge in [0.15, 0.2) is 0 Å². The molecule has 1 aliphatic heterocycles. The van der Waals surface area contributed by atoms with Crippen molar-refractivity contribution in [2.24, 2.45) is 0 Å². The molecule has 7 heteroatoms. The van der Waals surface area contributed by atoms with Crippen molar-refractivity contribution in [3.05, 3.63) is 52.7 Å². The number of aromatic nitrogens is 2. The first-order chi connectivity index (χ1) is 14.2. The van der Waals surface area contributed by atoms with Crippen LogP contribution in [0.25, 0.3) is 21.1 Å². The molecule has 0 spiro atoms. The Morgan fingerprint density at radius 2 is 2.10 bits per heavy atom. The number of H-pyrrole nitrogens is 1. The normalized spacial score (nSPS) is 13.9. The van der Waals surface area contributed by atoms with Crippen LogP contribution in [0.1, 0.15) is 33.6 Å². The molecule has 1 amide bonds. The number of amides is 1. The minimum atomic E-state index is 0.0554. The molecular formula is C22H19N5OS. The number of rotatable bonds is 3. The number of anilines is 2. The lowest BCUT2D eigenvalue weighted by Crippen LogP contribution is -2.26. The van der Waals surface area contributed by atoms with Crippen LogP contribution in [-0.4, -0.2) is 33.9 Å². The minimum absolute atomic E-state index is 0.0554. The van der Waals surface area contributed by atoms with Crippen molar-refractivity contribution in [2.45, 2.75) is 19.8 Å². The summed E-state index contributed by atoms with van der Waals surface area (Å²) in [5.74, 6) is 0.0554. The highest BCUT2D eigenvalue weighted by atomic mass is 32.1. The molecule has 1 aliphatic rings. The van der Waals surface area contributed by atoms with Crippen molar-refractivity contribution in [3.8, 4) is 6.07 Å². The van der Waals surface area contributed by atoms with E-state index in [1.165, 1.54) is 11.3 Å². The quantitative estimate of drug-likeness (QED) is 0.509. The number of carbonyl (C=O) groups is 1. The third-order valence-electron chi connectivity index (χ3n) is 5.55. The molecule has 0 aliphatic carbocycles. The average molecular weight is 401 g/mol. The smallest absolute Gasteiger partial charge is 0.264 e. The summed E-state index contributed by atoms with van der Waals surface area (Å²) >= 11 is 1.39. The number of hydrogen-bond donors (Lipinski definition) is 2. The minimum Gasteiger partial charge on any atom is -0.361 e. The van der Waals surface area contributed by atoms with Crippen molar-refractivity contribution in [2.75, 3.05) is 18.4 Å². The Hall–Kier alpha value is -3.37. The number of nitrogens with one attached hydrogen (secondary N) is 2. The van der Waals surface area contributed by atoms with E-state index in [0.717, 1.165) is 58.3 Å². The van der Waals surface area contributed by atoms with Crippen LogP contribution >= 0.6 is 11.3 Å². The number of aromatic amines is 1. The van der Waals surface area contributed by atoms with E-state index in [1.54, 1.807) is 6.20 Å². The maximum Gasteiger partial charge on any atom is 0.264 e. The van der Waals surface area contributed by atoms with Gasteiger partial charge in [-0.05, 0) is 49.6 Å². The molecule has 0 bridgehead atoms. The highest BCUT2D eigenvalue weighted by molar-refractivity contribution is 7.20. The number of nitriles is 1. The highest BCUT2D eigenvalue weighted by Crippen LogP contribution is 2.36. The SMILES string of the molecule is Cc1c(Nc2c(C#N)cnc3sc(C(=O)N4CCCC4)cc23)ccc2[nH]ccc12. The van der Waals surface area contributed by atoms with Gasteiger partial charge in [0, 0.05) is 47.5 Å². The molecule has 1 aromatic carbocycles. The predicted octanol–water partition coefficient (Wildman–Crippen LogP) is 4.94. The zero-order valence-corrected chi connectivity index (χ0v) is 16.8. The molecule has 0 atom stereocenters. The van der Waals surface area contributed by atoms with Crippen molar-refractivity contribution in [3.63, 3.8) is 0 Å². The van der Waals surface area contributed by atoms with Crippen molar-refractivity contribution >= 4 is 49.7 Å². The molecule has 0 unspecified atom stereocenters. The van der Waals surface area contributed by atoms with Crippen LogP contribution in [-0.2, 0) is 0 Å². The van der Waals surface area contributed by atoms with E-state index in [1.807, 2.05) is 35.4 Å². The maximum atomic E-state index is 12.8. The van der Waals surface area contributed by atoms with Gasteiger partial charge in [-0.2, -0.15) is 5.26 Å². The van der Waals surface area contributed by atoms with Crippen LogP contribution in [0.15, 0.2) is 36.7 Å². The first-order valence-corrected chi connectivity index (χ1v) is 10.4. The van der Waals surface area contributed by atoms with Gasteiger partial charge in [-0.1, -0.05) is 0 Å². The summed E-state index contributed by atoms with van der Waals surface area (Å²) in [6.45, 7) is 3.68. The summed E-state index contributed by atoms with van der Waals surface area (Å²) in [7, 11) is 0. The van der Waals surface area contributed by atoms with E-state index in [2.05, 4.69) is 28.3 Å². The third-order valence-corrected chi connectivity index (χ3v) is 6.58. The first kappa shape index (κ1) is 17.7. The van der Waals surface area contributed by atoms with Gasteiger partial charge in [0.1, 0.15) is 10.9 Å². The molecule has 0 saturated carbocycles. The molecule has 1 fully saturated rings. The topological polar surface area (TPSA) is 84.8 Å². The number of fused-ring (bicyclic) bond motifs is 2. The number of thiophene rings is 1. The first-order valence-electron chi connectivity index (χ1n) is 9.61. The maximum absolute atomic E-state index is 12.8. The number of nitrogens with zero attached hydrogens (tertiary/aromatic N) is 3. The number of pyridine rings is 1. The average Bonchev–Trinajstić information content (AvgIpc) is 3.49. The zero-order chi connectivity index (χ0) is 20.0. The molecule has 0 radical (unpaired) electrons. The Balaban J connectivity index is 1.60. The van der Waals surface area contributed by atoms with Gasteiger partial charge < -0.3 is 15.2 Å². The fourth-order valence-electron chi connectivity index (χ4n) is 3.94. The Morgan fingerprint density at radius 3 is 2.90 bits per heavy atom. The number of benzene rings is 1. The summed E-state index contributed by atoms with van der Waals surface area (Å²) in [4.78, 5) is 23.8. The molecule has 144 valence electrons. The van der Waals surface area contributed by atoms with Crippen LogP contribution in [0.2, 0.25) is 0 Å². The monoisotopic (exact) mass is 401 g/mol. The molecule has 4 aromatic rings. The number of aryl methyl sites for hydroxylation is 1. The third kappa shape index (κ3) is 2.93. The van der Waals surface area contributed by atoms with E-state index in [0.29, 0.717) is 16.1 Å². The van der Waals surface area contributed by atoms with Crippen molar-refractivity contribution in [1.29, 1.82) is 5.26 Å². The molecule has 3 aromatic heterocycles. The summed E-state index contributed by atoms with van der Waals surface area (Å²) in [5.41, 5.74) is 4.26. The van der Waals surface area contributed by atoms with Gasteiger partial charge in [-0.3, -0.25) is 4.79 Å². The summed E-state index contributed by atoms with van der Waals surface area (Å²) in [6.07, 6.45) is 5.61. The predicted molar refractivity (Wildman–Crippen MR) is 116 cm³/mol. The lowest BCUT2D eigenvalue weighted by atomic mass is 10.1. The van der Waals surface area contributed by atoms with Crippen LogP contribution in [0, 0.1) is 18.3 Å². The van der Waals surface area contributed by atoms with Gasteiger partial charge in [-0.15, -0.1) is 11.3 Å². The lowest BCUT2D eigenvalue weighted by molar-refractivity contribution is 0.0797. The molecule has 6 nitrogen and oxygen atoms in total. The summed E-state index contributed by atoms with van der Waals surface area (Å²) in [6, 6.07) is 10.2. The second kappa shape index (κ2) is 6.90. The fourth-order valence-corrected chi connectivity index (χ4v) is 4.92. The molecule has 2 N–H and O–H groups in total. The van der Waals surface area contributed by atoms with E-state index in [9.17, 15) is 10.1 Å². The summed E-state index contributed by atoms with van der Waals surface area (Å²) in [5, 5.41) is 15.0. The second-order valence-electron chi connectivity index (χ2n) is 7.29.